The smallest absolute Gasteiger partial charge is 0.268 e. The maximum Gasteiger partial charge on any atom is 0.268 e. The number of ether oxygens (including phenoxy) is 1. The number of para-hydroxylation sites is 1. The van der Waals surface area contributed by atoms with Crippen molar-refractivity contribution in [2.75, 3.05) is 18.6 Å². The van der Waals surface area contributed by atoms with Gasteiger partial charge < -0.3 is 9.64 Å². The van der Waals surface area contributed by atoms with Crippen molar-refractivity contribution in [1.29, 1.82) is 0 Å². The monoisotopic (exact) mass is 281 g/mol. The Balaban J connectivity index is 2.08. The molecule has 1 aliphatic heterocycles. The molecule has 1 aliphatic rings. The molecule has 0 radical (unpaired) electrons. The number of hydrogen-bond acceptors (Lipinski definition) is 4. The van der Waals surface area contributed by atoms with Gasteiger partial charge in [0, 0.05) is 17.9 Å². The zero-order chi connectivity index (χ0) is 15.0. The van der Waals surface area contributed by atoms with E-state index in [-0.39, 0.29) is 5.75 Å². The third-order valence-corrected chi connectivity index (χ3v) is 3.69. The second-order valence-electron chi connectivity index (χ2n) is 4.81. The number of methoxy groups -OCH3 is 1. The summed E-state index contributed by atoms with van der Waals surface area (Å²) in [5, 5.41) is 0. The summed E-state index contributed by atoms with van der Waals surface area (Å²) in [6, 6.07) is 8.06. The van der Waals surface area contributed by atoms with Crippen LogP contribution in [0.5, 0.6) is 5.75 Å². The Morgan fingerprint density at radius 3 is 2.62 bits per heavy atom. The zero-order valence-electron chi connectivity index (χ0n) is 11.9. The Hall–Kier alpha value is -2.62. The molecule has 2 aromatic carbocycles. The molecule has 106 valence electrons. The lowest BCUT2D eigenvalue weighted by molar-refractivity contribution is 0.404. The highest BCUT2D eigenvalue weighted by molar-refractivity contribution is 5.80. The van der Waals surface area contributed by atoms with Crippen LogP contribution in [-0.4, -0.2) is 13.7 Å². The molecule has 0 N–H and O–H groups in total. The zero-order valence-corrected chi connectivity index (χ0v) is 11.9. The molecule has 0 saturated carbocycles. The van der Waals surface area contributed by atoms with Crippen LogP contribution in [0, 0.1) is 0 Å². The molecule has 21 heavy (non-hydrogen) atoms. The molecule has 2 aromatic rings. The minimum atomic E-state index is -0.549. The van der Waals surface area contributed by atoms with E-state index in [0.717, 1.165) is 23.5 Å². The van der Waals surface area contributed by atoms with Crippen molar-refractivity contribution < 1.29 is 4.74 Å². The summed E-state index contributed by atoms with van der Waals surface area (Å²) < 4.78 is 4.98. The van der Waals surface area contributed by atoms with Crippen LogP contribution in [0.4, 0.5) is 5.69 Å². The van der Waals surface area contributed by atoms with Crippen LogP contribution in [0.15, 0.2) is 45.6 Å². The molecule has 0 amide bonds. The normalized spacial score (nSPS) is 15.5. The molecular weight excluding hydrogens is 266 g/mol. The largest absolute Gasteiger partial charge is 0.492 e. The first-order valence-electron chi connectivity index (χ1n) is 6.81. The van der Waals surface area contributed by atoms with Crippen molar-refractivity contribution in [2.24, 2.45) is 0 Å². The summed E-state index contributed by atoms with van der Waals surface area (Å²) in [6.45, 7) is 2.81. The van der Waals surface area contributed by atoms with Crippen LogP contribution in [-0.2, 0) is 0 Å². The van der Waals surface area contributed by atoms with Gasteiger partial charge in [0.05, 0.1) is 12.7 Å². The fourth-order valence-corrected chi connectivity index (χ4v) is 2.63. The second-order valence-corrected chi connectivity index (χ2v) is 4.81. The number of rotatable bonds is 3. The predicted octanol–water partition coefficient (Wildman–Crippen LogP) is 2.19. The minimum Gasteiger partial charge on any atom is -0.492 e. The van der Waals surface area contributed by atoms with Gasteiger partial charge in [-0.3, -0.25) is 9.59 Å². The SMILES string of the molecule is CCN1C(=Cc2c(OC)c(=O)c2=O)C=Cc2ccccc21. The van der Waals surface area contributed by atoms with E-state index >= 15 is 0 Å². The Morgan fingerprint density at radius 1 is 1.14 bits per heavy atom. The summed E-state index contributed by atoms with van der Waals surface area (Å²) in [5.74, 6) is 0.149. The van der Waals surface area contributed by atoms with Crippen molar-refractivity contribution in [2.45, 2.75) is 6.92 Å². The van der Waals surface area contributed by atoms with E-state index in [1.165, 1.54) is 7.11 Å². The van der Waals surface area contributed by atoms with Gasteiger partial charge in [-0.2, -0.15) is 0 Å². The van der Waals surface area contributed by atoms with E-state index in [1.54, 1.807) is 6.08 Å². The summed E-state index contributed by atoms with van der Waals surface area (Å²) in [5.41, 5.74) is 2.41. The van der Waals surface area contributed by atoms with E-state index in [2.05, 4.69) is 4.90 Å². The highest BCUT2D eigenvalue weighted by atomic mass is 16.5. The maximum absolute atomic E-state index is 11.7. The molecule has 0 unspecified atom stereocenters. The Bertz CT molecular complexity index is 823. The molecule has 4 nitrogen and oxygen atoms in total. The van der Waals surface area contributed by atoms with Crippen molar-refractivity contribution >= 4 is 17.8 Å². The molecule has 4 heteroatoms. The molecule has 3 rings (SSSR count). The quantitative estimate of drug-likeness (QED) is 0.809. The predicted molar refractivity (Wildman–Crippen MR) is 84.4 cm³/mol. The van der Waals surface area contributed by atoms with E-state index < -0.39 is 10.9 Å². The minimum absolute atomic E-state index is 0.149. The first-order chi connectivity index (χ1) is 10.2. The third kappa shape index (κ3) is 2.00. The van der Waals surface area contributed by atoms with Crippen LogP contribution < -0.4 is 20.5 Å². The lowest BCUT2D eigenvalue weighted by atomic mass is 10.0. The lowest BCUT2D eigenvalue weighted by Gasteiger charge is -2.29. The second kappa shape index (κ2) is 5.05. The van der Waals surface area contributed by atoms with Crippen molar-refractivity contribution in [1.82, 2.24) is 0 Å². The van der Waals surface area contributed by atoms with Gasteiger partial charge in [0.15, 0.2) is 5.75 Å². The maximum atomic E-state index is 11.7. The van der Waals surface area contributed by atoms with Gasteiger partial charge in [0.25, 0.3) is 5.43 Å². The van der Waals surface area contributed by atoms with E-state index in [9.17, 15) is 9.59 Å². The van der Waals surface area contributed by atoms with Gasteiger partial charge >= 0.3 is 0 Å². The first-order valence-corrected chi connectivity index (χ1v) is 6.81. The number of hydrogen-bond donors (Lipinski definition) is 0. The number of likely N-dealkylation sites (N-methyl/N-ethyl adjacent to an activating group) is 1. The summed E-state index contributed by atoms with van der Waals surface area (Å²) >= 11 is 0. The fourth-order valence-electron chi connectivity index (χ4n) is 2.63. The molecule has 0 atom stereocenters. The molecule has 0 bridgehead atoms. The van der Waals surface area contributed by atoms with Crippen molar-refractivity contribution in [3.8, 4) is 5.75 Å². The van der Waals surface area contributed by atoms with Gasteiger partial charge in [-0.15, -0.1) is 0 Å². The van der Waals surface area contributed by atoms with E-state index in [1.807, 2.05) is 43.3 Å². The average Bonchev–Trinajstić information content (AvgIpc) is 2.53. The molecule has 1 heterocycles. The molecule has 0 aliphatic carbocycles. The van der Waals surface area contributed by atoms with Gasteiger partial charge in [-0.25, -0.2) is 0 Å². The Morgan fingerprint density at radius 2 is 1.90 bits per heavy atom. The molecule has 0 spiro atoms. The van der Waals surface area contributed by atoms with Gasteiger partial charge in [-0.1, -0.05) is 24.3 Å². The Labute approximate surface area is 122 Å². The number of benzene rings is 1. The summed E-state index contributed by atoms with van der Waals surface area (Å²) in [4.78, 5) is 25.2. The summed E-state index contributed by atoms with van der Waals surface area (Å²) in [7, 11) is 1.40. The number of allylic oxidation sites excluding steroid dienone is 1. The van der Waals surface area contributed by atoms with Crippen LogP contribution in [0.1, 0.15) is 18.1 Å². The number of nitrogens with zero attached hydrogens (tertiary/aromatic N) is 1. The van der Waals surface area contributed by atoms with Crippen LogP contribution in [0.25, 0.3) is 12.2 Å². The van der Waals surface area contributed by atoms with Gasteiger partial charge in [-0.05, 0) is 30.7 Å². The van der Waals surface area contributed by atoms with Gasteiger partial charge in [0.1, 0.15) is 0 Å². The summed E-state index contributed by atoms with van der Waals surface area (Å²) in [6.07, 6.45) is 5.67. The van der Waals surface area contributed by atoms with Crippen LogP contribution >= 0.6 is 0 Å². The molecule has 0 aromatic heterocycles. The Kier molecular flexibility index (Phi) is 3.22. The van der Waals surface area contributed by atoms with Crippen molar-refractivity contribution in [3.63, 3.8) is 0 Å². The van der Waals surface area contributed by atoms with E-state index in [4.69, 9.17) is 4.74 Å². The third-order valence-electron chi connectivity index (χ3n) is 3.69. The molecule has 0 saturated heterocycles. The highest BCUT2D eigenvalue weighted by Crippen LogP contribution is 2.31. The molecular formula is C17H15NO3. The van der Waals surface area contributed by atoms with Gasteiger partial charge in [0.2, 0.25) is 5.43 Å². The number of anilines is 1. The fraction of sp³-hybridized carbons (Fsp3) is 0.176. The van der Waals surface area contributed by atoms with Crippen LogP contribution in [0.3, 0.4) is 0 Å². The first kappa shape index (κ1) is 13.4. The highest BCUT2D eigenvalue weighted by Gasteiger charge is 2.22. The van der Waals surface area contributed by atoms with Crippen molar-refractivity contribution in [3.05, 3.63) is 67.6 Å². The molecule has 0 fully saturated rings. The standard InChI is InChI=1S/C17H15NO3/c1-3-18-12(9-8-11-6-4-5-7-14(11)18)10-13-15(19)16(20)17(13)21-2/h4-10H,3H2,1-2H3. The lowest BCUT2D eigenvalue weighted by Crippen LogP contribution is -2.35. The number of fused-ring (bicyclic) bond motifs is 1. The topological polar surface area (TPSA) is 46.6 Å². The average molecular weight is 281 g/mol. The van der Waals surface area contributed by atoms with E-state index in [0.29, 0.717) is 5.56 Å². The van der Waals surface area contributed by atoms with Crippen LogP contribution in [0.2, 0.25) is 0 Å².